The number of thioether (sulfide) groups is 1. The summed E-state index contributed by atoms with van der Waals surface area (Å²) < 4.78 is 0. The van der Waals surface area contributed by atoms with Gasteiger partial charge >= 0.3 is 0 Å². The largest absolute Gasteiger partial charge is 0.348 e. The number of nitrogens with zero attached hydrogens (tertiary/aromatic N) is 3. The fourth-order valence-electron chi connectivity index (χ4n) is 2.32. The van der Waals surface area contributed by atoms with Gasteiger partial charge in [0.25, 0.3) is 5.91 Å². The topological polar surface area (TPSA) is 102 Å². The Morgan fingerprint density at radius 2 is 2.42 bits per heavy atom. The quantitative estimate of drug-likeness (QED) is 0.452. The van der Waals surface area contributed by atoms with Crippen molar-refractivity contribution in [3.63, 3.8) is 0 Å². The van der Waals surface area contributed by atoms with Gasteiger partial charge in [-0.15, -0.1) is 6.42 Å². The molecule has 2 heterocycles. The van der Waals surface area contributed by atoms with E-state index < -0.39 is 5.91 Å². The Hall–Kier alpha value is -2.71. The minimum absolute atomic E-state index is 0.0330. The summed E-state index contributed by atoms with van der Waals surface area (Å²) in [6.07, 6.45) is 9.68. The molecule has 0 aliphatic carbocycles. The maximum atomic E-state index is 12.5. The number of carbonyl (C=O) groups excluding carboxylic acids is 2. The number of carbonyl (C=O) groups is 2. The number of nitriles is 1. The lowest BCUT2D eigenvalue weighted by Crippen LogP contribution is -2.31. The molecule has 1 aliphatic heterocycles. The van der Waals surface area contributed by atoms with E-state index in [0.29, 0.717) is 24.4 Å². The van der Waals surface area contributed by atoms with E-state index in [4.69, 9.17) is 6.42 Å². The Balaban J connectivity index is 2.18. The predicted octanol–water partition coefficient (Wildman–Crippen LogP) is 0.791. The lowest BCUT2D eigenvalue weighted by Gasteiger charge is -2.15. The molecule has 8 heteroatoms. The van der Waals surface area contributed by atoms with E-state index in [1.165, 1.54) is 16.7 Å². The first kappa shape index (κ1) is 17.6. The summed E-state index contributed by atoms with van der Waals surface area (Å²) in [7, 11) is 0. The monoisotopic (exact) mass is 343 g/mol. The third-order valence-electron chi connectivity index (χ3n) is 3.49. The number of rotatable bonds is 6. The molecule has 0 saturated carbocycles. The van der Waals surface area contributed by atoms with Crippen molar-refractivity contribution in [3.8, 4) is 18.4 Å². The molecular weight excluding hydrogens is 326 g/mol. The highest BCUT2D eigenvalue weighted by atomic mass is 32.2. The predicted molar refractivity (Wildman–Crippen MR) is 90.2 cm³/mol. The summed E-state index contributed by atoms with van der Waals surface area (Å²) in [6.45, 7) is 2.24. The van der Waals surface area contributed by atoms with Crippen LogP contribution in [-0.2, 0) is 16.0 Å². The van der Waals surface area contributed by atoms with Crippen molar-refractivity contribution < 1.29 is 9.59 Å². The van der Waals surface area contributed by atoms with Gasteiger partial charge in [-0.05, 0) is 19.8 Å². The van der Waals surface area contributed by atoms with Crippen LogP contribution in [0.1, 0.15) is 19.0 Å². The third-order valence-corrected chi connectivity index (χ3v) is 4.86. The molecule has 124 valence electrons. The molecule has 0 spiro atoms. The van der Waals surface area contributed by atoms with Crippen molar-refractivity contribution in [2.24, 2.45) is 0 Å². The number of hydrogen-bond acceptors (Lipinski definition) is 5. The third kappa shape index (κ3) is 3.79. The molecule has 1 fully saturated rings. The average Bonchev–Trinajstić information content (AvgIpc) is 3.20. The van der Waals surface area contributed by atoms with E-state index in [1.54, 1.807) is 12.5 Å². The number of H-pyrrole nitrogens is 1. The maximum Gasteiger partial charge on any atom is 0.265 e. The second-order valence-corrected chi connectivity index (χ2v) is 6.17. The van der Waals surface area contributed by atoms with Crippen LogP contribution < -0.4 is 5.32 Å². The summed E-state index contributed by atoms with van der Waals surface area (Å²) in [4.78, 5) is 33.0. The first-order valence-corrected chi connectivity index (χ1v) is 8.31. The highest BCUT2D eigenvalue weighted by molar-refractivity contribution is 8.04. The number of hydrogen-bond donors (Lipinski definition) is 2. The Morgan fingerprint density at radius 1 is 1.62 bits per heavy atom. The number of aromatic nitrogens is 2. The Kier molecular flexibility index (Phi) is 6.05. The molecule has 0 aromatic carbocycles. The molecule has 0 bridgehead atoms. The van der Waals surface area contributed by atoms with Crippen LogP contribution in [0.15, 0.2) is 23.1 Å². The summed E-state index contributed by atoms with van der Waals surface area (Å²) in [5.41, 5.74) is 0.866. The highest BCUT2D eigenvalue weighted by Gasteiger charge is 2.38. The Labute approximate surface area is 144 Å². The number of aryl methyl sites for hydroxylation is 1. The molecule has 1 aliphatic rings. The van der Waals surface area contributed by atoms with Crippen molar-refractivity contribution in [2.45, 2.75) is 25.0 Å². The van der Waals surface area contributed by atoms with Gasteiger partial charge in [-0.1, -0.05) is 17.7 Å². The van der Waals surface area contributed by atoms with Gasteiger partial charge in [0.05, 0.1) is 18.1 Å². The normalized spacial score (nSPS) is 18.9. The second-order valence-electron chi connectivity index (χ2n) is 4.98. The van der Waals surface area contributed by atoms with Crippen LogP contribution in [0.4, 0.5) is 0 Å². The Morgan fingerprint density at radius 3 is 3.00 bits per heavy atom. The number of imidazole rings is 1. The van der Waals surface area contributed by atoms with Crippen molar-refractivity contribution >= 4 is 23.6 Å². The number of terminal acetylenes is 1. The molecule has 7 nitrogen and oxygen atoms in total. The summed E-state index contributed by atoms with van der Waals surface area (Å²) in [6, 6.07) is 1.90. The molecule has 1 saturated heterocycles. The molecular formula is C16H17N5O2S. The van der Waals surface area contributed by atoms with E-state index in [9.17, 15) is 14.9 Å². The molecule has 24 heavy (non-hydrogen) atoms. The van der Waals surface area contributed by atoms with Gasteiger partial charge in [-0.3, -0.25) is 9.59 Å². The Bertz CT molecular complexity index is 727. The minimum atomic E-state index is -0.557. The lowest BCUT2D eigenvalue weighted by molar-refractivity contribution is -0.127. The van der Waals surface area contributed by atoms with Gasteiger partial charge in [0.1, 0.15) is 16.7 Å². The van der Waals surface area contributed by atoms with Crippen LogP contribution in [0.3, 0.4) is 0 Å². The SMILES string of the molecule is C#CCNC(=O)C(C#N)=C1SC(CCc2cnc[nH]2)C(=O)N1CC. The zero-order valence-electron chi connectivity index (χ0n) is 13.2. The maximum absolute atomic E-state index is 12.5. The van der Waals surface area contributed by atoms with E-state index in [0.717, 1.165) is 5.69 Å². The minimum Gasteiger partial charge on any atom is -0.348 e. The lowest BCUT2D eigenvalue weighted by atomic mass is 10.2. The molecule has 2 amide bonds. The van der Waals surface area contributed by atoms with Crippen molar-refractivity contribution in [1.82, 2.24) is 20.2 Å². The zero-order valence-corrected chi connectivity index (χ0v) is 14.0. The molecule has 1 atom stereocenters. The first-order chi connectivity index (χ1) is 11.6. The van der Waals surface area contributed by atoms with Gasteiger partial charge in [0.2, 0.25) is 5.91 Å². The molecule has 2 N–H and O–H groups in total. The zero-order chi connectivity index (χ0) is 17.5. The highest BCUT2D eigenvalue weighted by Crippen LogP contribution is 2.39. The average molecular weight is 343 g/mol. The van der Waals surface area contributed by atoms with Crippen molar-refractivity contribution in [1.29, 1.82) is 5.26 Å². The number of amides is 2. The van der Waals surface area contributed by atoms with E-state index in [-0.39, 0.29) is 23.3 Å². The van der Waals surface area contributed by atoms with Crippen LogP contribution >= 0.6 is 11.8 Å². The smallest absolute Gasteiger partial charge is 0.265 e. The van der Waals surface area contributed by atoms with Crippen LogP contribution in [0, 0.1) is 23.7 Å². The van der Waals surface area contributed by atoms with Gasteiger partial charge in [-0.25, -0.2) is 4.98 Å². The molecule has 1 unspecified atom stereocenters. The second kappa shape index (κ2) is 8.23. The van der Waals surface area contributed by atoms with Gasteiger partial charge in [0.15, 0.2) is 0 Å². The first-order valence-electron chi connectivity index (χ1n) is 7.43. The van der Waals surface area contributed by atoms with E-state index in [2.05, 4.69) is 21.2 Å². The van der Waals surface area contributed by atoms with Crippen LogP contribution in [-0.4, -0.2) is 45.0 Å². The molecule has 0 radical (unpaired) electrons. The summed E-state index contributed by atoms with van der Waals surface area (Å²) in [5.74, 6) is 1.64. The molecule has 1 aromatic heterocycles. The fourth-order valence-corrected chi connectivity index (χ4v) is 3.66. The van der Waals surface area contributed by atoms with Gasteiger partial charge in [-0.2, -0.15) is 5.26 Å². The van der Waals surface area contributed by atoms with Gasteiger partial charge < -0.3 is 15.2 Å². The van der Waals surface area contributed by atoms with Gasteiger partial charge in [0, 0.05) is 18.4 Å². The van der Waals surface area contributed by atoms with E-state index >= 15 is 0 Å². The van der Waals surface area contributed by atoms with Crippen LogP contribution in [0.25, 0.3) is 0 Å². The van der Waals surface area contributed by atoms with Crippen LogP contribution in [0.5, 0.6) is 0 Å². The number of aromatic amines is 1. The van der Waals surface area contributed by atoms with Crippen molar-refractivity contribution in [2.75, 3.05) is 13.1 Å². The summed E-state index contributed by atoms with van der Waals surface area (Å²) in [5, 5.41) is 11.9. The standard InChI is InChI=1S/C16H17N5O2S/c1-3-7-19-14(22)12(8-17)16-21(4-2)15(23)13(24-16)6-5-11-9-18-10-20-11/h1,9-10,13H,4-7H2,2H3,(H,18,20)(H,19,22). The number of nitrogens with one attached hydrogen (secondary N) is 2. The van der Waals surface area contributed by atoms with E-state index in [1.807, 2.05) is 13.0 Å². The van der Waals surface area contributed by atoms with Crippen molar-refractivity contribution in [3.05, 3.63) is 28.8 Å². The fraction of sp³-hybridized carbons (Fsp3) is 0.375. The molecule has 2 rings (SSSR count). The summed E-state index contributed by atoms with van der Waals surface area (Å²) >= 11 is 1.25. The van der Waals surface area contributed by atoms with Crippen LogP contribution in [0.2, 0.25) is 0 Å². The molecule has 1 aromatic rings.